The van der Waals surface area contributed by atoms with Gasteiger partial charge in [0.1, 0.15) is 0 Å². The van der Waals surface area contributed by atoms with Crippen LogP contribution in [0.3, 0.4) is 0 Å². The first-order valence-electron chi connectivity index (χ1n) is 7.77. The summed E-state index contributed by atoms with van der Waals surface area (Å²) in [4.78, 5) is 14.1. The summed E-state index contributed by atoms with van der Waals surface area (Å²) in [5.74, 6) is 0.632. The second kappa shape index (κ2) is 7.00. The van der Waals surface area contributed by atoms with E-state index in [0.717, 1.165) is 17.0 Å². The van der Waals surface area contributed by atoms with Crippen molar-refractivity contribution in [1.82, 2.24) is 25.1 Å². The van der Waals surface area contributed by atoms with Crippen LogP contribution in [-0.4, -0.2) is 44.2 Å². The number of hydrogen-bond donors (Lipinski definition) is 1. The van der Waals surface area contributed by atoms with Crippen LogP contribution in [0.5, 0.6) is 0 Å². The molecule has 1 aromatic carbocycles. The van der Waals surface area contributed by atoms with Crippen LogP contribution >= 0.6 is 11.6 Å². The summed E-state index contributed by atoms with van der Waals surface area (Å²) < 4.78 is 1.43. The number of piperidine rings is 1. The molecule has 2 amide bonds. The zero-order valence-electron chi connectivity index (χ0n) is 13.6. The number of tetrazole rings is 1. The average molecular weight is 347 g/mol. The van der Waals surface area contributed by atoms with E-state index in [1.54, 1.807) is 11.9 Å². The lowest BCUT2D eigenvalue weighted by Gasteiger charge is -2.33. The number of amides is 2. The van der Waals surface area contributed by atoms with Crippen molar-refractivity contribution < 1.29 is 4.79 Å². The van der Waals surface area contributed by atoms with E-state index in [9.17, 15) is 4.79 Å². The molecule has 2 heterocycles. The number of anilines is 1. The summed E-state index contributed by atoms with van der Waals surface area (Å²) in [6.45, 7) is 3.46. The Labute approximate surface area is 145 Å². The van der Waals surface area contributed by atoms with Crippen molar-refractivity contribution >= 4 is 29.7 Å². The van der Waals surface area contributed by atoms with Crippen molar-refractivity contribution in [2.75, 3.05) is 18.4 Å². The van der Waals surface area contributed by atoms with E-state index in [2.05, 4.69) is 33.8 Å². The van der Waals surface area contributed by atoms with Crippen LogP contribution in [0.25, 0.3) is 6.08 Å². The highest BCUT2D eigenvalue weighted by molar-refractivity contribution is 6.30. The molecule has 1 aliphatic heterocycles. The normalized spacial score (nSPS) is 19.5. The van der Waals surface area contributed by atoms with Crippen molar-refractivity contribution in [1.29, 1.82) is 0 Å². The molecule has 8 heteroatoms. The SMILES string of the molecule is CC1CN(C(=O)Nc2nnnn2C)CCC1=Cc1ccc(Cl)cc1. The third kappa shape index (κ3) is 3.73. The standard InChI is InChI=1S/C16H19ClN6O/c1-11-10-23(16(24)18-15-19-20-21-22(15)2)8-7-13(11)9-12-3-5-14(17)6-4-12/h3-6,9,11H,7-8,10H2,1-2H3,(H,18,19,21,24). The lowest BCUT2D eigenvalue weighted by Crippen LogP contribution is -2.42. The van der Waals surface area contributed by atoms with E-state index >= 15 is 0 Å². The molecule has 3 rings (SSSR count). The number of nitrogens with one attached hydrogen (secondary N) is 1. The molecule has 7 nitrogen and oxygen atoms in total. The number of carbonyl (C=O) groups excluding carboxylic acids is 1. The van der Waals surface area contributed by atoms with Gasteiger partial charge in [-0.1, -0.05) is 47.4 Å². The van der Waals surface area contributed by atoms with Crippen LogP contribution in [0, 0.1) is 5.92 Å². The number of rotatable bonds is 2. The quantitative estimate of drug-likeness (QED) is 0.907. The number of carbonyl (C=O) groups is 1. The predicted molar refractivity (Wildman–Crippen MR) is 92.6 cm³/mol. The highest BCUT2D eigenvalue weighted by Crippen LogP contribution is 2.25. The summed E-state index contributed by atoms with van der Waals surface area (Å²) in [7, 11) is 1.68. The third-order valence-corrected chi connectivity index (χ3v) is 4.40. The highest BCUT2D eigenvalue weighted by Gasteiger charge is 2.25. The minimum absolute atomic E-state index is 0.176. The summed E-state index contributed by atoms with van der Waals surface area (Å²) in [6.07, 6.45) is 3.02. The minimum atomic E-state index is -0.176. The van der Waals surface area contributed by atoms with Crippen LogP contribution in [0.2, 0.25) is 5.02 Å². The van der Waals surface area contributed by atoms with Crippen molar-refractivity contribution in [2.24, 2.45) is 13.0 Å². The van der Waals surface area contributed by atoms with Crippen molar-refractivity contribution in [3.8, 4) is 0 Å². The first-order valence-corrected chi connectivity index (χ1v) is 8.15. The van der Waals surface area contributed by atoms with Crippen molar-refractivity contribution in [3.05, 3.63) is 40.4 Å². The molecule has 24 heavy (non-hydrogen) atoms. The fraction of sp³-hybridized carbons (Fsp3) is 0.375. The molecule has 1 N–H and O–H groups in total. The Kier molecular flexibility index (Phi) is 4.80. The van der Waals surface area contributed by atoms with Crippen molar-refractivity contribution in [2.45, 2.75) is 13.3 Å². The van der Waals surface area contributed by atoms with Crippen LogP contribution in [-0.2, 0) is 7.05 Å². The summed E-state index contributed by atoms with van der Waals surface area (Å²) in [6, 6.07) is 7.60. The third-order valence-electron chi connectivity index (χ3n) is 4.15. The Morgan fingerprint density at radius 3 is 2.75 bits per heavy atom. The predicted octanol–water partition coefficient (Wildman–Crippen LogP) is 2.82. The molecule has 0 radical (unpaired) electrons. The van der Waals surface area contributed by atoms with Gasteiger partial charge >= 0.3 is 6.03 Å². The van der Waals surface area contributed by atoms with Gasteiger partial charge in [-0.15, -0.1) is 0 Å². The average Bonchev–Trinajstić information content (AvgIpc) is 2.96. The molecule has 1 fully saturated rings. The van der Waals surface area contributed by atoms with Gasteiger partial charge in [0.05, 0.1) is 0 Å². The highest BCUT2D eigenvalue weighted by atomic mass is 35.5. The molecule has 0 saturated carbocycles. The topological polar surface area (TPSA) is 75.9 Å². The Morgan fingerprint density at radius 2 is 2.12 bits per heavy atom. The van der Waals surface area contributed by atoms with Crippen molar-refractivity contribution in [3.63, 3.8) is 0 Å². The number of aromatic nitrogens is 4. The van der Waals surface area contributed by atoms with E-state index in [0.29, 0.717) is 19.0 Å². The minimum Gasteiger partial charge on any atom is -0.324 e. The van der Waals surface area contributed by atoms with Gasteiger partial charge in [-0.3, -0.25) is 5.32 Å². The summed E-state index contributed by atoms with van der Waals surface area (Å²) in [5, 5.41) is 14.4. The van der Waals surface area contributed by atoms with Gasteiger partial charge in [-0.2, -0.15) is 0 Å². The number of halogens is 1. The zero-order valence-corrected chi connectivity index (χ0v) is 14.4. The molecular formula is C16H19ClN6O. The van der Waals surface area contributed by atoms with E-state index in [1.807, 2.05) is 24.3 Å². The Hall–Kier alpha value is -2.41. The van der Waals surface area contributed by atoms with Gasteiger partial charge in [-0.25, -0.2) is 9.48 Å². The molecule has 1 atom stereocenters. The Balaban J connectivity index is 1.63. The van der Waals surface area contributed by atoms with Gasteiger partial charge in [-0.05, 0) is 40.5 Å². The molecule has 126 valence electrons. The lowest BCUT2D eigenvalue weighted by molar-refractivity contribution is 0.197. The van der Waals surface area contributed by atoms with E-state index in [4.69, 9.17) is 11.6 Å². The smallest absolute Gasteiger partial charge is 0.324 e. The maximum Gasteiger partial charge on any atom is 0.324 e. The molecule has 0 aliphatic carbocycles. The van der Waals surface area contributed by atoms with E-state index < -0.39 is 0 Å². The molecule has 1 aliphatic rings. The molecular weight excluding hydrogens is 328 g/mol. The molecule has 1 aromatic heterocycles. The first-order chi connectivity index (χ1) is 11.5. The molecule has 1 saturated heterocycles. The number of nitrogens with zero attached hydrogens (tertiary/aromatic N) is 5. The Bertz CT molecular complexity index is 754. The van der Waals surface area contributed by atoms with Gasteiger partial charge < -0.3 is 4.90 Å². The maximum atomic E-state index is 12.3. The number of likely N-dealkylation sites (tertiary alicyclic amines) is 1. The van der Waals surface area contributed by atoms with Gasteiger partial charge in [0.15, 0.2) is 0 Å². The second-order valence-corrected chi connectivity index (χ2v) is 6.36. The van der Waals surface area contributed by atoms with Gasteiger partial charge in [0.2, 0.25) is 0 Å². The largest absolute Gasteiger partial charge is 0.324 e. The molecule has 1 unspecified atom stereocenters. The van der Waals surface area contributed by atoms with E-state index in [1.165, 1.54) is 10.3 Å². The summed E-state index contributed by atoms with van der Waals surface area (Å²) in [5.41, 5.74) is 2.46. The van der Waals surface area contributed by atoms with Crippen LogP contribution in [0.4, 0.5) is 10.7 Å². The molecule has 0 bridgehead atoms. The Morgan fingerprint density at radius 1 is 1.38 bits per heavy atom. The number of aryl methyl sites for hydroxylation is 1. The lowest BCUT2D eigenvalue weighted by atomic mass is 9.91. The van der Waals surface area contributed by atoms with Crippen LogP contribution < -0.4 is 5.32 Å². The number of benzene rings is 1. The fourth-order valence-electron chi connectivity index (χ4n) is 2.73. The zero-order chi connectivity index (χ0) is 17.1. The molecule has 0 spiro atoms. The fourth-order valence-corrected chi connectivity index (χ4v) is 2.86. The monoisotopic (exact) mass is 346 g/mol. The number of hydrogen-bond acceptors (Lipinski definition) is 4. The first kappa shape index (κ1) is 16.4. The van der Waals surface area contributed by atoms with Gasteiger partial charge in [0, 0.05) is 25.2 Å². The maximum absolute atomic E-state index is 12.3. The van der Waals surface area contributed by atoms with Crippen LogP contribution in [0.15, 0.2) is 29.8 Å². The summed E-state index contributed by atoms with van der Waals surface area (Å²) >= 11 is 5.92. The molecule has 2 aromatic rings. The van der Waals surface area contributed by atoms with Gasteiger partial charge in [0.25, 0.3) is 5.95 Å². The van der Waals surface area contributed by atoms with Crippen LogP contribution in [0.1, 0.15) is 18.9 Å². The number of urea groups is 1. The second-order valence-electron chi connectivity index (χ2n) is 5.92. The van der Waals surface area contributed by atoms with E-state index in [-0.39, 0.29) is 11.9 Å².